The Morgan fingerprint density at radius 1 is 1.19 bits per heavy atom. The third-order valence-corrected chi connectivity index (χ3v) is 9.10. The number of ether oxygens (including phenoxy) is 2. The summed E-state index contributed by atoms with van der Waals surface area (Å²) >= 11 is 0. The van der Waals surface area contributed by atoms with Gasteiger partial charge in [0, 0.05) is 6.61 Å². The first-order chi connectivity index (χ1) is 7.95. The van der Waals surface area contributed by atoms with Crippen LogP contribution in [0.5, 0.6) is 0 Å². The molecule has 1 unspecified atom stereocenters. The average Bonchev–Trinajstić information content (AvgIpc) is 3.04. The molecule has 0 aromatic carbocycles. The van der Waals surface area contributed by atoms with Gasteiger partial charge in [0.2, 0.25) is 0 Å². The van der Waals surface area contributed by atoms with Crippen molar-refractivity contribution in [2.75, 3.05) is 19.8 Å². The topological polar surface area (TPSA) is 58.7 Å². The van der Waals surface area contributed by atoms with E-state index >= 15 is 0 Å². The van der Waals surface area contributed by atoms with Gasteiger partial charge in [0.15, 0.2) is 0 Å². The molecule has 0 aliphatic carbocycles. The maximum atomic E-state index is 5.63. The minimum atomic E-state index is -1.11. The van der Waals surface area contributed by atoms with Crippen molar-refractivity contribution in [3.63, 3.8) is 0 Å². The van der Waals surface area contributed by atoms with Crippen LogP contribution in [0.3, 0.4) is 0 Å². The summed E-state index contributed by atoms with van der Waals surface area (Å²) in [6.07, 6.45) is 1.34. The van der Waals surface area contributed by atoms with Crippen LogP contribution >= 0.6 is 0 Å². The molecule has 10 heteroatoms. The van der Waals surface area contributed by atoms with Gasteiger partial charge in [-0.3, -0.25) is 0 Å². The van der Waals surface area contributed by atoms with Gasteiger partial charge in [-0.1, -0.05) is 0 Å². The average molecular weight is 298 g/mol. The molecule has 0 spiro atoms. The minimum Gasteiger partial charge on any atom is -0.425 e. The quantitative estimate of drug-likeness (QED) is 0.303. The molecule has 0 N–H and O–H groups in total. The molecule has 2 aliphatic heterocycles. The fourth-order valence-electron chi connectivity index (χ4n) is 1.23. The Bertz CT molecular complexity index is 186. The highest BCUT2D eigenvalue weighted by Crippen LogP contribution is 2.09. The van der Waals surface area contributed by atoms with Gasteiger partial charge in [-0.05, 0) is 12.5 Å². The van der Waals surface area contributed by atoms with E-state index in [2.05, 4.69) is 0 Å². The van der Waals surface area contributed by atoms with Crippen molar-refractivity contribution < 1.29 is 25.9 Å². The third-order valence-electron chi connectivity index (χ3n) is 2.15. The van der Waals surface area contributed by atoms with Crippen LogP contribution in [0, 0.1) is 0 Å². The first-order valence-corrected chi connectivity index (χ1v) is 10.4. The van der Waals surface area contributed by atoms with Crippen molar-refractivity contribution in [3.8, 4) is 0 Å². The zero-order valence-electron chi connectivity index (χ0n) is 9.18. The molecule has 0 saturated carbocycles. The Morgan fingerprint density at radius 3 is 2.62 bits per heavy atom. The Labute approximate surface area is 104 Å². The van der Waals surface area contributed by atoms with E-state index in [0.717, 1.165) is 32.3 Å². The second kappa shape index (κ2) is 7.86. The van der Waals surface area contributed by atoms with Gasteiger partial charge < -0.3 is 25.9 Å². The second-order valence-electron chi connectivity index (χ2n) is 3.56. The molecule has 93 valence electrons. The Morgan fingerprint density at radius 2 is 1.94 bits per heavy atom. The molecule has 0 bridgehead atoms. The monoisotopic (exact) mass is 297 g/mol. The Hall–Kier alpha value is 0.628. The maximum Gasteiger partial charge on any atom is 0.365 e. The maximum absolute atomic E-state index is 5.63. The van der Waals surface area contributed by atoms with E-state index in [4.69, 9.17) is 25.9 Å². The number of rotatable bonds is 6. The van der Waals surface area contributed by atoms with Gasteiger partial charge in [-0.25, -0.2) is 0 Å². The summed E-state index contributed by atoms with van der Waals surface area (Å²) in [4.78, 5) is 0. The van der Waals surface area contributed by atoms with Crippen LogP contribution in [0.15, 0.2) is 0 Å². The van der Waals surface area contributed by atoms with Crippen LogP contribution in [0.2, 0.25) is 6.04 Å². The lowest BCUT2D eigenvalue weighted by atomic mass is 10.5. The molecule has 1 radical (unpaired) electrons. The van der Waals surface area contributed by atoms with Gasteiger partial charge in [0.05, 0.1) is 13.2 Å². The van der Waals surface area contributed by atoms with Crippen LogP contribution in [0.1, 0.15) is 6.42 Å². The highest BCUT2D eigenvalue weighted by atomic mass is 28.4. The van der Waals surface area contributed by atoms with E-state index in [1.165, 1.54) is 0 Å². The van der Waals surface area contributed by atoms with Crippen LogP contribution in [0.4, 0.5) is 0 Å². The summed E-state index contributed by atoms with van der Waals surface area (Å²) < 4.78 is 32.4. The van der Waals surface area contributed by atoms with Crippen molar-refractivity contribution in [1.29, 1.82) is 0 Å². The zero-order valence-corrected chi connectivity index (χ0v) is 14.4. The second-order valence-corrected chi connectivity index (χ2v) is 11.1. The van der Waals surface area contributed by atoms with Crippen molar-refractivity contribution in [2.45, 2.75) is 18.6 Å². The lowest BCUT2D eigenvalue weighted by molar-refractivity contribution is 0.116. The molecule has 6 nitrogen and oxygen atoms in total. The summed E-state index contributed by atoms with van der Waals surface area (Å²) in [5, 5.41) is 0. The zero-order chi connectivity index (χ0) is 11.1. The van der Waals surface area contributed by atoms with E-state index in [-0.39, 0.29) is 0 Å². The molecule has 2 heterocycles. The normalized spacial score (nSPS) is 31.9. The van der Waals surface area contributed by atoms with Crippen LogP contribution in [-0.4, -0.2) is 65.2 Å². The van der Waals surface area contributed by atoms with Gasteiger partial charge in [0.1, 0.15) is 6.10 Å². The van der Waals surface area contributed by atoms with Crippen molar-refractivity contribution in [2.24, 2.45) is 0 Å². The van der Waals surface area contributed by atoms with Gasteiger partial charge in [-0.2, -0.15) is 0 Å². The molecule has 1 atom stereocenters. The molecule has 0 amide bonds. The van der Waals surface area contributed by atoms with Gasteiger partial charge in [-0.15, -0.1) is 0 Å². The largest absolute Gasteiger partial charge is 0.425 e. The smallest absolute Gasteiger partial charge is 0.365 e. The predicted octanol–water partition coefficient (Wildman–Crippen LogP) is -2.64. The van der Waals surface area contributed by atoms with Crippen molar-refractivity contribution in [1.82, 2.24) is 0 Å². The van der Waals surface area contributed by atoms with E-state index in [1.807, 2.05) is 0 Å². The predicted molar refractivity (Wildman–Crippen MR) is 65.7 cm³/mol. The first kappa shape index (κ1) is 13.1. The molecule has 2 fully saturated rings. The molecule has 0 aromatic rings. The molecule has 0 aromatic heterocycles. The highest BCUT2D eigenvalue weighted by Gasteiger charge is 2.22. The van der Waals surface area contributed by atoms with E-state index < -0.39 is 39.3 Å². The molecule has 2 rings (SSSR count). The Kier molecular flexibility index (Phi) is 6.42. The highest BCUT2D eigenvalue weighted by molar-refractivity contribution is 6.59. The summed E-state index contributed by atoms with van der Waals surface area (Å²) in [6.45, 7) is 2.35. The van der Waals surface area contributed by atoms with E-state index in [9.17, 15) is 0 Å². The molecular weight excluding hydrogens is 280 g/mol. The van der Waals surface area contributed by atoms with Gasteiger partial charge in [0.25, 0.3) is 30.0 Å². The lowest BCUT2D eigenvalue weighted by Gasteiger charge is -2.19. The Balaban J connectivity index is 1.46. The van der Waals surface area contributed by atoms with Crippen LogP contribution < -0.4 is 0 Å². The summed E-state index contributed by atoms with van der Waals surface area (Å²) in [5.74, 6) is 0. The molecule has 2 saturated heterocycles. The number of hydrogen-bond donors (Lipinski definition) is 0. The number of hydrogen-bond acceptors (Lipinski definition) is 6. The lowest BCUT2D eigenvalue weighted by Crippen LogP contribution is -2.33. The SMILES string of the molecule is C(COCC1CO1)C[Si]1O[SiH2]O[SiH2]O[SiH2]O1. The van der Waals surface area contributed by atoms with Crippen LogP contribution in [0.25, 0.3) is 0 Å². The van der Waals surface area contributed by atoms with Crippen molar-refractivity contribution in [3.05, 3.63) is 0 Å². The fraction of sp³-hybridized carbons (Fsp3) is 1.00. The van der Waals surface area contributed by atoms with Crippen molar-refractivity contribution >= 4 is 39.3 Å². The standard InChI is InChI=1S/C6H17O6Si4/c1(2-7-4-6-5-8-6)3-16-11-14-9-13-10-15-12-16/h6H,1-5,13-15H2. The van der Waals surface area contributed by atoms with Crippen LogP contribution in [-0.2, 0) is 25.9 Å². The first-order valence-electron chi connectivity index (χ1n) is 5.41. The minimum absolute atomic E-state index is 0.356. The summed E-state index contributed by atoms with van der Waals surface area (Å²) in [7, 11) is -3.50. The number of epoxide rings is 1. The summed E-state index contributed by atoms with van der Waals surface area (Å²) in [6, 6.07) is 0.963. The molecule has 16 heavy (non-hydrogen) atoms. The molecule has 2 aliphatic rings. The third kappa shape index (κ3) is 5.81. The fourth-order valence-corrected chi connectivity index (χ4v) is 9.19. The van der Waals surface area contributed by atoms with E-state index in [0.29, 0.717) is 6.10 Å². The van der Waals surface area contributed by atoms with E-state index in [1.54, 1.807) is 0 Å². The van der Waals surface area contributed by atoms with Gasteiger partial charge >= 0.3 is 9.28 Å². The molecular formula is C6H17O6Si4. The summed E-state index contributed by atoms with van der Waals surface area (Å²) in [5.41, 5.74) is 0.